The molecule has 0 spiro atoms. The number of rotatable bonds is 3. The molecule has 1 aromatic heterocycles. The predicted octanol–water partition coefficient (Wildman–Crippen LogP) is 1.04. The number of carbonyl (C=O) groups is 1. The van der Waals surface area contributed by atoms with Crippen molar-refractivity contribution in [3.05, 3.63) is 17.5 Å². The van der Waals surface area contributed by atoms with Gasteiger partial charge in [0, 0.05) is 25.3 Å². The summed E-state index contributed by atoms with van der Waals surface area (Å²) >= 11 is 0. The van der Waals surface area contributed by atoms with Crippen molar-refractivity contribution in [1.29, 1.82) is 0 Å². The Hall–Kier alpha value is -1.36. The van der Waals surface area contributed by atoms with Crippen molar-refractivity contribution < 1.29 is 4.79 Å². The van der Waals surface area contributed by atoms with Gasteiger partial charge in [-0.15, -0.1) is 0 Å². The van der Waals surface area contributed by atoms with Crippen LogP contribution >= 0.6 is 0 Å². The number of carbonyl (C=O) groups excluding carboxylic acids is 1. The van der Waals surface area contributed by atoms with Gasteiger partial charge in [0.2, 0.25) is 0 Å². The molecule has 3 saturated heterocycles. The van der Waals surface area contributed by atoms with E-state index >= 15 is 0 Å². The highest BCUT2D eigenvalue weighted by atomic mass is 16.1. The second-order valence-electron chi connectivity index (χ2n) is 5.70. The van der Waals surface area contributed by atoms with Crippen LogP contribution in [0.25, 0.3) is 0 Å². The van der Waals surface area contributed by atoms with Crippen LogP contribution in [0, 0.1) is 12.8 Å². The fourth-order valence-corrected chi connectivity index (χ4v) is 3.28. The van der Waals surface area contributed by atoms with E-state index in [1.54, 1.807) is 0 Å². The normalized spacial score (nSPS) is 29.5. The average Bonchev–Trinajstić information content (AvgIpc) is 2.81. The van der Waals surface area contributed by atoms with Gasteiger partial charge in [0.25, 0.3) is 5.91 Å². The van der Waals surface area contributed by atoms with Crippen molar-refractivity contribution in [1.82, 2.24) is 20.0 Å². The Bertz CT molecular complexity index is 474. The lowest BCUT2D eigenvalue weighted by Gasteiger charge is -2.44. The third kappa shape index (κ3) is 2.39. The zero-order valence-corrected chi connectivity index (χ0v) is 11.7. The van der Waals surface area contributed by atoms with E-state index in [1.807, 2.05) is 24.7 Å². The van der Waals surface area contributed by atoms with Gasteiger partial charge in [-0.3, -0.25) is 9.48 Å². The quantitative estimate of drug-likeness (QED) is 0.885. The Kier molecular flexibility index (Phi) is 3.31. The maximum absolute atomic E-state index is 12.4. The summed E-state index contributed by atoms with van der Waals surface area (Å²) in [7, 11) is 0. The van der Waals surface area contributed by atoms with E-state index in [1.165, 1.54) is 25.9 Å². The monoisotopic (exact) mass is 262 g/mol. The minimum absolute atomic E-state index is 0.0379. The standard InChI is InChI=1S/C14H22N4O/c1-3-18-8-12(10(2)16-18)14(19)15-13-9-17-6-4-11(13)5-7-17/h8,11,13H,3-7,9H2,1-2H3,(H,15,19). The van der Waals surface area contributed by atoms with Crippen LogP contribution in [0.2, 0.25) is 0 Å². The SMILES string of the molecule is CCn1cc(C(=O)NC2CN3CCC2CC3)c(C)n1. The van der Waals surface area contributed by atoms with Crippen LogP contribution in [0.1, 0.15) is 35.8 Å². The number of amides is 1. The molecule has 4 heterocycles. The first kappa shape index (κ1) is 12.7. The molecule has 2 bridgehead atoms. The molecule has 0 saturated carbocycles. The first-order chi connectivity index (χ1) is 9.17. The molecular weight excluding hydrogens is 240 g/mol. The molecule has 1 amide bonds. The Balaban J connectivity index is 1.69. The van der Waals surface area contributed by atoms with E-state index in [0.717, 1.165) is 24.3 Å². The van der Waals surface area contributed by atoms with Gasteiger partial charge in [0.1, 0.15) is 0 Å². The van der Waals surface area contributed by atoms with Crippen LogP contribution in [0.4, 0.5) is 0 Å². The maximum Gasteiger partial charge on any atom is 0.255 e. The highest BCUT2D eigenvalue weighted by Gasteiger charge is 2.35. The lowest BCUT2D eigenvalue weighted by Crippen LogP contribution is -2.57. The minimum atomic E-state index is 0.0379. The van der Waals surface area contributed by atoms with E-state index in [9.17, 15) is 4.79 Å². The van der Waals surface area contributed by atoms with Crippen molar-refractivity contribution in [2.45, 2.75) is 39.3 Å². The van der Waals surface area contributed by atoms with Crippen molar-refractivity contribution in [2.24, 2.45) is 5.92 Å². The first-order valence-electron chi connectivity index (χ1n) is 7.24. The number of nitrogens with zero attached hydrogens (tertiary/aromatic N) is 3. The molecule has 5 heteroatoms. The van der Waals surface area contributed by atoms with E-state index in [4.69, 9.17) is 0 Å². The fraction of sp³-hybridized carbons (Fsp3) is 0.714. The number of hydrogen-bond donors (Lipinski definition) is 1. The summed E-state index contributed by atoms with van der Waals surface area (Å²) in [5, 5.41) is 7.55. The number of aromatic nitrogens is 2. The minimum Gasteiger partial charge on any atom is -0.348 e. The molecule has 1 aromatic rings. The molecule has 3 aliphatic rings. The van der Waals surface area contributed by atoms with Crippen molar-refractivity contribution >= 4 is 5.91 Å². The number of nitrogens with one attached hydrogen (secondary N) is 1. The van der Waals surface area contributed by atoms with E-state index in [-0.39, 0.29) is 5.91 Å². The molecule has 4 rings (SSSR count). The van der Waals surface area contributed by atoms with Crippen LogP contribution in [0.15, 0.2) is 6.20 Å². The third-order valence-electron chi connectivity index (χ3n) is 4.49. The van der Waals surface area contributed by atoms with E-state index < -0.39 is 0 Å². The summed E-state index contributed by atoms with van der Waals surface area (Å²) in [6, 6.07) is 0.319. The summed E-state index contributed by atoms with van der Waals surface area (Å²) in [5.74, 6) is 0.700. The molecule has 0 aliphatic carbocycles. The van der Waals surface area contributed by atoms with Crippen LogP contribution < -0.4 is 5.32 Å². The first-order valence-corrected chi connectivity index (χ1v) is 7.24. The summed E-state index contributed by atoms with van der Waals surface area (Å²) in [6.45, 7) is 8.14. The second-order valence-corrected chi connectivity index (χ2v) is 5.70. The molecule has 1 atom stereocenters. The zero-order chi connectivity index (χ0) is 13.4. The van der Waals surface area contributed by atoms with Gasteiger partial charge in [-0.1, -0.05) is 0 Å². The highest BCUT2D eigenvalue weighted by Crippen LogP contribution is 2.27. The average molecular weight is 262 g/mol. The number of aryl methyl sites for hydroxylation is 2. The largest absolute Gasteiger partial charge is 0.348 e. The molecule has 0 aromatic carbocycles. The summed E-state index contributed by atoms with van der Waals surface area (Å²) in [5.41, 5.74) is 1.54. The molecule has 1 unspecified atom stereocenters. The molecule has 1 N–H and O–H groups in total. The van der Waals surface area contributed by atoms with Crippen LogP contribution in [0.3, 0.4) is 0 Å². The van der Waals surface area contributed by atoms with Gasteiger partial charge in [-0.05, 0) is 45.7 Å². The lowest BCUT2D eigenvalue weighted by atomic mass is 9.84. The predicted molar refractivity (Wildman–Crippen MR) is 73.1 cm³/mol. The Labute approximate surface area is 114 Å². The second kappa shape index (κ2) is 4.96. The summed E-state index contributed by atoms with van der Waals surface area (Å²) < 4.78 is 1.82. The number of fused-ring (bicyclic) bond motifs is 3. The summed E-state index contributed by atoms with van der Waals surface area (Å²) in [6.07, 6.45) is 4.29. The Morgan fingerprint density at radius 2 is 2.21 bits per heavy atom. The van der Waals surface area contributed by atoms with Gasteiger partial charge in [0.05, 0.1) is 11.3 Å². The van der Waals surface area contributed by atoms with E-state index in [0.29, 0.717) is 12.0 Å². The maximum atomic E-state index is 12.4. The molecular formula is C14H22N4O. The highest BCUT2D eigenvalue weighted by molar-refractivity contribution is 5.95. The molecule has 3 fully saturated rings. The van der Waals surface area contributed by atoms with Gasteiger partial charge in [-0.2, -0.15) is 5.10 Å². The molecule has 3 aliphatic heterocycles. The lowest BCUT2D eigenvalue weighted by molar-refractivity contribution is 0.0620. The topological polar surface area (TPSA) is 50.2 Å². The van der Waals surface area contributed by atoms with Gasteiger partial charge < -0.3 is 10.2 Å². The molecule has 0 radical (unpaired) electrons. The zero-order valence-electron chi connectivity index (χ0n) is 11.7. The molecule has 104 valence electrons. The third-order valence-corrected chi connectivity index (χ3v) is 4.49. The van der Waals surface area contributed by atoms with Gasteiger partial charge >= 0.3 is 0 Å². The van der Waals surface area contributed by atoms with Crippen LogP contribution in [0.5, 0.6) is 0 Å². The van der Waals surface area contributed by atoms with Crippen molar-refractivity contribution in [3.8, 4) is 0 Å². The van der Waals surface area contributed by atoms with Gasteiger partial charge in [0.15, 0.2) is 0 Å². The molecule has 19 heavy (non-hydrogen) atoms. The van der Waals surface area contributed by atoms with E-state index in [2.05, 4.69) is 15.3 Å². The summed E-state index contributed by atoms with van der Waals surface area (Å²) in [4.78, 5) is 14.8. The van der Waals surface area contributed by atoms with Gasteiger partial charge in [-0.25, -0.2) is 0 Å². The Morgan fingerprint density at radius 3 is 2.74 bits per heavy atom. The smallest absolute Gasteiger partial charge is 0.255 e. The number of hydrogen-bond acceptors (Lipinski definition) is 3. The molecule has 5 nitrogen and oxygen atoms in total. The van der Waals surface area contributed by atoms with Crippen molar-refractivity contribution in [2.75, 3.05) is 19.6 Å². The Morgan fingerprint density at radius 1 is 1.47 bits per heavy atom. The van der Waals surface area contributed by atoms with Crippen LogP contribution in [-0.2, 0) is 6.54 Å². The van der Waals surface area contributed by atoms with Crippen molar-refractivity contribution in [3.63, 3.8) is 0 Å². The van der Waals surface area contributed by atoms with Crippen LogP contribution in [-0.4, -0.2) is 46.3 Å². The number of piperidine rings is 3. The fourth-order valence-electron chi connectivity index (χ4n) is 3.28.